The standard InChI is InChI=1S/C36H48N2O2/c1-33(2,3)25-17-27(35(7,8)9)31(39)29(19-25)37-21-23-14-13-15-24(16-23)22-38-30-20-26(34(4,5)6)18-28(32(30)40)36(10,11)12/h13-22,39-40H,1-12H3. The quantitative estimate of drug-likeness (QED) is 0.323. The maximum Gasteiger partial charge on any atom is 0.144 e. The van der Waals surface area contributed by atoms with Crippen LogP contribution in [0.5, 0.6) is 11.5 Å². The smallest absolute Gasteiger partial charge is 0.144 e. The van der Waals surface area contributed by atoms with Gasteiger partial charge in [-0.3, -0.25) is 9.98 Å². The molecule has 0 saturated carbocycles. The summed E-state index contributed by atoms with van der Waals surface area (Å²) in [5.74, 6) is 0.441. The van der Waals surface area contributed by atoms with Gasteiger partial charge in [0.2, 0.25) is 0 Å². The van der Waals surface area contributed by atoms with Crippen molar-refractivity contribution in [2.75, 3.05) is 0 Å². The number of hydrogen-bond donors (Lipinski definition) is 2. The van der Waals surface area contributed by atoms with E-state index in [4.69, 9.17) is 9.98 Å². The van der Waals surface area contributed by atoms with E-state index in [1.165, 1.54) is 0 Å². The van der Waals surface area contributed by atoms with Crippen LogP contribution in [0.4, 0.5) is 11.4 Å². The lowest BCUT2D eigenvalue weighted by Crippen LogP contribution is -2.16. The molecule has 4 nitrogen and oxygen atoms in total. The van der Waals surface area contributed by atoms with Gasteiger partial charge in [-0.25, -0.2) is 0 Å². The highest BCUT2D eigenvalue weighted by molar-refractivity contribution is 5.89. The van der Waals surface area contributed by atoms with E-state index in [1.54, 1.807) is 12.4 Å². The molecule has 0 radical (unpaired) electrons. The average Bonchev–Trinajstić information content (AvgIpc) is 2.80. The van der Waals surface area contributed by atoms with Crippen molar-refractivity contribution in [2.24, 2.45) is 9.98 Å². The second kappa shape index (κ2) is 10.9. The van der Waals surface area contributed by atoms with Crippen molar-refractivity contribution in [2.45, 2.75) is 105 Å². The molecule has 0 aliphatic carbocycles. The minimum Gasteiger partial charge on any atom is -0.505 e. The number of phenols is 2. The fraction of sp³-hybridized carbons (Fsp3) is 0.444. The van der Waals surface area contributed by atoms with Crippen LogP contribution in [0.2, 0.25) is 0 Å². The lowest BCUT2D eigenvalue weighted by Gasteiger charge is -2.26. The zero-order valence-corrected chi connectivity index (χ0v) is 26.6. The first-order chi connectivity index (χ1) is 18.2. The first-order valence-electron chi connectivity index (χ1n) is 14.1. The number of benzene rings is 3. The minimum absolute atomic E-state index is 0.0724. The Morgan fingerprint density at radius 3 is 1.15 bits per heavy atom. The molecule has 0 aliphatic rings. The van der Waals surface area contributed by atoms with E-state index in [1.807, 2.05) is 36.4 Å². The van der Waals surface area contributed by atoms with Crippen molar-refractivity contribution < 1.29 is 10.2 Å². The maximum atomic E-state index is 11.1. The van der Waals surface area contributed by atoms with Crippen LogP contribution in [0.25, 0.3) is 0 Å². The average molecular weight is 541 g/mol. The first kappa shape index (κ1) is 31.1. The van der Waals surface area contributed by atoms with Gasteiger partial charge in [0.25, 0.3) is 0 Å². The summed E-state index contributed by atoms with van der Waals surface area (Å²) in [6.07, 6.45) is 3.56. The molecule has 214 valence electrons. The predicted molar refractivity (Wildman–Crippen MR) is 172 cm³/mol. The Bertz CT molecular complexity index is 1330. The van der Waals surface area contributed by atoms with Crippen LogP contribution in [0.1, 0.15) is 116 Å². The van der Waals surface area contributed by atoms with E-state index in [0.29, 0.717) is 11.4 Å². The Morgan fingerprint density at radius 1 is 0.500 bits per heavy atom. The molecule has 3 aromatic rings. The third-order valence-electron chi connectivity index (χ3n) is 7.14. The number of hydrogen-bond acceptors (Lipinski definition) is 4. The third kappa shape index (κ3) is 7.41. The summed E-state index contributed by atoms with van der Waals surface area (Å²) in [5.41, 5.74) is 6.39. The van der Waals surface area contributed by atoms with Crippen LogP contribution in [-0.2, 0) is 21.7 Å². The highest BCUT2D eigenvalue weighted by atomic mass is 16.3. The Hall–Kier alpha value is -3.40. The molecule has 0 saturated heterocycles. The number of rotatable bonds is 4. The number of aromatic hydroxyl groups is 2. The molecule has 0 spiro atoms. The van der Waals surface area contributed by atoms with Gasteiger partial charge in [0.1, 0.15) is 22.9 Å². The van der Waals surface area contributed by atoms with Crippen molar-refractivity contribution in [1.82, 2.24) is 0 Å². The van der Waals surface area contributed by atoms with Crippen molar-refractivity contribution in [3.63, 3.8) is 0 Å². The highest BCUT2D eigenvalue weighted by Gasteiger charge is 2.26. The van der Waals surface area contributed by atoms with Gasteiger partial charge in [-0.05, 0) is 62.1 Å². The zero-order valence-electron chi connectivity index (χ0n) is 26.6. The van der Waals surface area contributed by atoms with Gasteiger partial charge in [0, 0.05) is 23.6 Å². The second-order valence-electron chi connectivity index (χ2n) is 15.0. The summed E-state index contributed by atoms with van der Waals surface area (Å²) in [4.78, 5) is 9.43. The van der Waals surface area contributed by atoms with Crippen LogP contribution in [0.3, 0.4) is 0 Å². The van der Waals surface area contributed by atoms with Crippen LogP contribution < -0.4 is 0 Å². The molecule has 0 aliphatic heterocycles. The molecule has 0 aromatic heterocycles. The molecule has 0 heterocycles. The molecule has 3 aromatic carbocycles. The Balaban J connectivity index is 2.01. The van der Waals surface area contributed by atoms with E-state index in [2.05, 4.69) is 95.2 Å². The largest absolute Gasteiger partial charge is 0.505 e. The molecule has 0 unspecified atom stereocenters. The molecular formula is C36H48N2O2. The van der Waals surface area contributed by atoms with Crippen molar-refractivity contribution in [3.05, 3.63) is 81.9 Å². The Morgan fingerprint density at radius 2 is 0.850 bits per heavy atom. The lowest BCUT2D eigenvalue weighted by molar-refractivity contribution is 0.445. The zero-order chi connectivity index (χ0) is 30.3. The first-order valence-corrected chi connectivity index (χ1v) is 14.1. The Kier molecular flexibility index (Phi) is 8.46. The second-order valence-corrected chi connectivity index (χ2v) is 15.0. The molecule has 4 heteroatoms. The fourth-order valence-corrected chi connectivity index (χ4v) is 4.45. The van der Waals surface area contributed by atoms with E-state index >= 15 is 0 Å². The van der Waals surface area contributed by atoms with Gasteiger partial charge in [0.05, 0.1) is 0 Å². The highest BCUT2D eigenvalue weighted by Crippen LogP contribution is 2.43. The molecule has 0 bridgehead atoms. The molecule has 0 fully saturated rings. The van der Waals surface area contributed by atoms with E-state index in [-0.39, 0.29) is 33.2 Å². The summed E-state index contributed by atoms with van der Waals surface area (Å²) >= 11 is 0. The van der Waals surface area contributed by atoms with Crippen molar-refractivity contribution >= 4 is 23.8 Å². The van der Waals surface area contributed by atoms with E-state index < -0.39 is 0 Å². The number of phenolic OH excluding ortho intramolecular Hbond substituents is 2. The van der Waals surface area contributed by atoms with Crippen molar-refractivity contribution in [1.29, 1.82) is 0 Å². The molecule has 3 rings (SSSR count). The molecule has 0 amide bonds. The van der Waals surface area contributed by atoms with Gasteiger partial charge in [-0.1, -0.05) is 113 Å². The molecule has 0 atom stereocenters. The van der Waals surface area contributed by atoms with Crippen molar-refractivity contribution in [3.8, 4) is 11.5 Å². The summed E-state index contributed by atoms with van der Waals surface area (Å²) in [5, 5.41) is 22.2. The SMILES string of the molecule is CC(C)(C)c1cc(N=Cc2cccc(C=Nc3cc(C(C)(C)C)cc(C(C)(C)C)c3O)c2)c(O)c(C(C)(C)C)c1. The third-order valence-corrected chi connectivity index (χ3v) is 7.14. The molecule has 2 N–H and O–H groups in total. The normalized spacial score (nSPS) is 13.5. The van der Waals surface area contributed by atoms with Gasteiger partial charge >= 0.3 is 0 Å². The summed E-state index contributed by atoms with van der Waals surface area (Å²) < 4.78 is 0. The molecular weight excluding hydrogens is 492 g/mol. The Labute approximate surface area is 241 Å². The minimum atomic E-state index is -0.214. The fourth-order valence-electron chi connectivity index (χ4n) is 4.45. The topological polar surface area (TPSA) is 65.2 Å². The van der Waals surface area contributed by atoms with Gasteiger partial charge in [-0.2, -0.15) is 0 Å². The summed E-state index contributed by atoms with van der Waals surface area (Å²) in [6.45, 7) is 25.6. The van der Waals surface area contributed by atoms with E-state index in [9.17, 15) is 10.2 Å². The van der Waals surface area contributed by atoms with Crippen LogP contribution >= 0.6 is 0 Å². The van der Waals surface area contributed by atoms with Gasteiger partial charge < -0.3 is 10.2 Å². The predicted octanol–water partition coefficient (Wildman–Crippen LogP) is 9.79. The van der Waals surface area contributed by atoms with Gasteiger partial charge in [0.15, 0.2) is 0 Å². The molecule has 40 heavy (non-hydrogen) atoms. The van der Waals surface area contributed by atoms with Crippen LogP contribution in [-0.4, -0.2) is 22.6 Å². The summed E-state index contributed by atoms with van der Waals surface area (Å²) in [7, 11) is 0. The number of nitrogens with zero attached hydrogens (tertiary/aromatic N) is 2. The van der Waals surface area contributed by atoms with Crippen LogP contribution in [0, 0.1) is 0 Å². The summed E-state index contributed by atoms with van der Waals surface area (Å²) in [6, 6.07) is 16.1. The number of aliphatic imine (C=N–C) groups is 2. The van der Waals surface area contributed by atoms with Gasteiger partial charge in [-0.15, -0.1) is 0 Å². The van der Waals surface area contributed by atoms with E-state index in [0.717, 1.165) is 33.4 Å². The monoisotopic (exact) mass is 540 g/mol. The lowest BCUT2D eigenvalue weighted by atomic mass is 9.80. The van der Waals surface area contributed by atoms with Crippen LogP contribution in [0.15, 0.2) is 58.5 Å². The maximum absolute atomic E-state index is 11.1.